The molecule has 3 aromatic carbocycles. The number of rotatable bonds is 9. The normalized spacial score (nSPS) is 16.7. The van der Waals surface area contributed by atoms with Gasteiger partial charge in [-0.1, -0.05) is 60.2 Å². The SMILES string of the molecule is COc1ccccc1-c1ccc(C[C@H](NC(=O)[C@@H]2CCCN2S(=O)(=O)c2ccc(C)cc2)C(=O)OC(C)(C)C)cc1. The van der Waals surface area contributed by atoms with Gasteiger partial charge in [0, 0.05) is 18.5 Å². The number of methoxy groups -OCH3 is 1. The van der Waals surface area contributed by atoms with Crippen molar-refractivity contribution in [2.75, 3.05) is 13.7 Å². The molecule has 0 bridgehead atoms. The van der Waals surface area contributed by atoms with E-state index < -0.39 is 39.6 Å². The van der Waals surface area contributed by atoms with E-state index >= 15 is 0 Å². The summed E-state index contributed by atoms with van der Waals surface area (Å²) in [5.74, 6) is -0.342. The lowest BCUT2D eigenvalue weighted by Crippen LogP contribution is -2.52. The molecule has 0 unspecified atom stereocenters. The molecule has 9 heteroatoms. The maximum atomic E-state index is 13.5. The highest BCUT2D eigenvalue weighted by molar-refractivity contribution is 7.89. The monoisotopic (exact) mass is 578 g/mol. The Morgan fingerprint density at radius 1 is 1.00 bits per heavy atom. The molecule has 1 saturated heterocycles. The number of nitrogens with one attached hydrogen (secondary N) is 1. The van der Waals surface area contributed by atoms with E-state index in [-0.39, 0.29) is 17.9 Å². The molecule has 1 N–H and O–H groups in total. The van der Waals surface area contributed by atoms with Gasteiger partial charge < -0.3 is 14.8 Å². The molecule has 3 aromatic rings. The van der Waals surface area contributed by atoms with Crippen LogP contribution in [0.2, 0.25) is 0 Å². The minimum absolute atomic E-state index is 0.140. The van der Waals surface area contributed by atoms with Crippen molar-refractivity contribution in [3.05, 3.63) is 83.9 Å². The number of benzene rings is 3. The molecule has 1 aliphatic heterocycles. The molecule has 0 aromatic heterocycles. The minimum Gasteiger partial charge on any atom is -0.496 e. The fourth-order valence-corrected chi connectivity index (χ4v) is 6.57. The molecular weight excluding hydrogens is 540 g/mol. The first-order chi connectivity index (χ1) is 19.4. The first-order valence-electron chi connectivity index (χ1n) is 13.7. The van der Waals surface area contributed by atoms with Crippen LogP contribution in [0.4, 0.5) is 0 Å². The van der Waals surface area contributed by atoms with Gasteiger partial charge in [0.1, 0.15) is 23.4 Å². The highest BCUT2D eigenvalue weighted by Gasteiger charge is 2.41. The van der Waals surface area contributed by atoms with Gasteiger partial charge in [0.25, 0.3) is 0 Å². The molecule has 8 nitrogen and oxygen atoms in total. The lowest BCUT2D eigenvalue weighted by Gasteiger charge is -2.28. The van der Waals surface area contributed by atoms with Gasteiger partial charge in [-0.2, -0.15) is 4.31 Å². The average Bonchev–Trinajstić information content (AvgIpc) is 3.44. The summed E-state index contributed by atoms with van der Waals surface area (Å²) in [6.07, 6.45) is 1.10. The van der Waals surface area contributed by atoms with E-state index in [1.165, 1.54) is 4.31 Å². The summed E-state index contributed by atoms with van der Waals surface area (Å²) in [5, 5.41) is 2.82. The maximum absolute atomic E-state index is 13.5. The predicted molar refractivity (Wildman–Crippen MR) is 158 cm³/mol. The largest absolute Gasteiger partial charge is 0.496 e. The predicted octanol–water partition coefficient (Wildman–Crippen LogP) is 4.89. The van der Waals surface area contributed by atoms with Gasteiger partial charge >= 0.3 is 5.97 Å². The number of amides is 1. The molecular formula is C32H38N2O6S. The van der Waals surface area contributed by atoms with Crippen LogP contribution in [0.5, 0.6) is 5.75 Å². The van der Waals surface area contributed by atoms with Crippen molar-refractivity contribution in [2.45, 2.75) is 69.5 Å². The van der Waals surface area contributed by atoms with Crippen molar-refractivity contribution in [2.24, 2.45) is 0 Å². The fraction of sp³-hybridized carbons (Fsp3) is 0.375. The maximum Gasteiger partial charge on any atom is 0.329 e. The summed E-state index contributed by atoms with van der Waals surface area (Å²) in [7, 11) is -2.26. The highest BCUT2D eigenvalue weighted by atomic mass is 32.2. The highest BCUT2D eigenvalue weighted by Crippen LogP contribution is 2.30. The number of hydrogen-bond acceptors (Lipinski definition) is 6. The smallest absolute Gasteiger partial charge is 0.329 e. The number of esters is 1. The second-order valence-corrected chi connectivity index (χ2v) is 13.2. The zero-order valence-electron chi connectivity index (χ0n) is 24.2. The van der Waals surface area contributed by atoms with Crippen molar-refractivity contribution < 1.29 is 27.5 Å². The van der Waals surface area contributed by atoms with Gasteiger partial charge in [-0.05, 0) is 69.9 Å². The second-order valence-electron chi connectivity index (χ2n) is 11.3. The van der Waals surface area contributed by atoms with Crippen molar-refractivity contribution in [3.63, 3.8) is 0 Å². The molecule has 0 aliphatic carbocycles. The van der Waals surface area contributed by atoms with Gasteiger partial charge in [-0.15, -0.1) is 0 Å². The van der Waals surface area contributed by atoms with Gasteiger partial charge in [-0.3, -0.25) is 4.79 Å². The summed E-state index contributed by atoms with van der Waals surface area (Å²) < 4.78 is 39.1. The number of para-hydroxylation sites is 1. The number of nitrogens with zero attached hydrogens (tertiary/aromatic N) is 1. The number of carbonyl (C=O) groups is 2. The van der Waals surface area contributed by atoms with E-state index in [1.807, 2.05) is 55.5 Å². The molecule has 0 spiro atoms. The van der Waals surface area contributed by atoms with Crippen molar-refractivity contribution in [3.8, 4) is 16.9 Å². The summed E-state index contributed by atoms with van der Waals surface area (Å²) in [4.78, 5) is 26.9. The summed E-state index contributed by atoms with van der Waals surface area (Å²) in [5.41, 5.74) is 2.88. The van der Waals surface area contributed by atoms with Crippen molar-refractivity contribution >= 4 is 21.9 Å². The Labute approximate surface area is 242 Å². The van der Waals surface area contributed by atoms with E-state index in [1.54, 1.807) is 52.1 Å². The third kappa shape index (κ3) is 7.34. The van der Waals surface area contributed by atoms with Crippen LogP contribution in [0.3, 0.4) is 0 Å². The number of carbonyl (C=O) groups excluding carboxylic acids is 2. The second kappa shape index (κ2) is 12.4. The Morgan fingerprint density at radius 2 is 1.66 bits per heavy atom. The molecule has 218 valence electrons. The topological polar surface area (TPSA) is 102 Å². The molecule has 2 atom stereocenters. The Morgan fingerprint density at radius 3 is 2.29 bits per heavy atom. The van der Waals surface area contributed by atoms with E-state index in [0.29, 0.717) is 12.8 Å². The first-order valence-corrected chi connectivity index (χ1v) is 15.2. The van der Waals surface area contributed by atoms with Gasteiger partial charge in [0.05, 0.1) is 12.0 Å². The van der Waals surface area contributed by atoms with Crippen LogP contribution in [0.1, 0.15) is 44.7 Å². The number of aryl methyl sites for hydroxylation is 1. The number of sulfonamides is 1. The zero-order chi connectivity index (χ0) is 29.8. The van der Waals surface area contributed by atoms with E-state index in [2.05, 4.69) is 5.32 Å². The van der Waals surface area contributed by atoms with Crippen LogP contribution in [-0.2, 0) is 30.8 Å². The minimum atomic E-state index is -3.88. The molecule has 1 aliphatic rings. The van der Waals surface area contributed by atoms with Crippen LogP contribution >= 0.6 is 0 Å². The quantitative estimate of drug-likeness (QED) is 0.363. The molecule has 4 rings (SSSR count). The number of ether oxygens (including phenoxy) is 2. The van der Waals surface area contributed by atoms with Gasteiger partial charge in [0.15, 0.2) is 0 Å². The van der Waals surface area contributed by atoms with Crippen LogP contribution in [-0.4, -0.2) is 55.9 Å². The summed E-state index contributed by atoms with van der Waals surface area (Å²) in [6.45, 7) is 7.40. The van der Waals surface area contributed by atoms with Gasteiger partial charge in [-0.25, -0.2) is 13.2 Å². The Hall–Kier alpha value is -3.69. The third-order valence-electron chi connectivity index (χ3n) is 6.95. The van der Waals surface area contributed by atoms with E-state index in [4.69, 9.17) is 9.47 Å². The molecule has 41 heavy (non-hydrogen) atoms. The average molecular weight is 579 g/mol. The standard InChI is InChI=1S/C32H38N2O6S/c1-22-12-18-25(19-13-22)41(37,38)34-20-8-10-28(34)30(35)33-27(31(36)40-32(2,3)4)21-23-14-16-24(17-15-23)26-9-6-7-11-29(26)39-5/h6-7,9,11-19,27-28H,8,10,20-21H2,1-5H3,(H,33,35)/t27-,28-/m0/s1. The van der Waals surface area contributed by atoms with Crippen LogP contribution in [0.15, 0.2) is 77.7 Å². The lowest BCUT2D eigenvalue weighted by atomic mass is 9.99. The van der Waals surface area contributed by atoms with Crippen LogP contribution in [0, 0.1) is 6.92 Å². The number of hydrogen-bond donors (Lipinski definition) is 1. The zero-order valence-corrected chi connectivity index (χ0v) is 25.0. The molecule has 1 fully saturated rings. The molecule has 1 amide bonds. The van der Waals surface area contributed by atoms with E-state index in [0.717, 1.165) is 28.0 Å². The lowest BCUT2D eigenvalue weighted by molar-refractivity contribution is -0.158. The Balaban J connectivity index is 1.55. The molecule has 0 saturated carbocycles. The van der Waals surface area contributed by atoms with Crippen LogP contribution < -0.4 is 10.1 Å². The third-order valence-corrected chi connectivity index (χ3v) is 8.88. The van der Waals surface area contributed by atoms with Gasteiger partial charge in [0.2, 0.25) is 15.9 Å². The van der Waals surface area contributed by atoms with Crippen LogP contribution in [0.25, 0.3) is 11.1 Å². The summed E-state index contributed by atoms with van der Waals surface area (Å²) in [6, 6.07) is 20.0. The fourth-order valence-electron chi connectivity index (χ4n) is 4.91. The Bertz CT molecular complexity index is 1480. The summed E-state index contributed by atoms with van der Waals surface area (Å²) >= 11 is 0. The molecule has 0 radical (unpaired) electrons. The Kier molecular flexibility index (Phi) is 9.19. The first kappa shape index (κ1) is 30.3. The van der Waals surface area contributed by atoms with E-state index in [9.17, 15) is 18.0 Å². The van der Waals surface area contributed by atoms with Crippen molar-refractivity contribution in [1.29, 1.82) is 0 Å². The molecule has 1 heterocycles. The van der Waals surface area contributed by atoms with Crippen molar-refractivity contribution in [1.82, 2.24) is 9.62 Å².